The van der Waals surface area contributed by atoms with E-state index >= 15 is 0 Å². The van der Waals surface area contributed by atoms with E-state index in [1.54, 1.807) is 0 Å². The van der Waals surface area contributed by atoms with Gasteiger partial charge in [-0.1, -0.05) is 0 Å². The van der Waals surface area contributed by atoms with Crippen LogP contribution < -0.4 is 4.74 Å². The van der Waals surface area contributed by atoms with Crippen LogP contribution in [0.3, 0.4) is 0 Å². The summed E-state index contributed by atoms with van der Waals surface area (Å²) in [5.41, 5.74) is 0.118. The molecule has 1 rings (SSSR count). The van der Waals surface area contributed by atoms with Crippen LogP contribution in [0.1, 0.15) is 0 Å². The van der Waals surface area contributed by atoms with Gasteiger partial charge in [0, 0.05) is 4.47 Å². The Kier molecular flexibility index (Phi) is 4.25. The molecule has 0 saturated carbocycles. The Labute approximate surface area is 101 Å². The summed E-state index contributed by atoms with van der Waals surface area (Å²) < 4.78 is 52.7. The Hall–Kier alpha value is -1.40. The molecule has 0 aliphatic rings. The summed E-state index contributed by atoms with van der Waals surface area (Å²) in [6, 6.07) is 3.12. The topological polar surface area (TPSA) is 38.7 Å². The predicted molar refractivity (Wildman–Crippen MR) is 53.5 cm³/mol. The highest BCUT2D eigenvalue weighted by Crippen LogP contribution is 2.33. The third-order valence-electron chi connectivity index (χ3n) is 1.59. The zero-order valence-corrected chi connectivity index (χ0v) is 9.55. The van der Waals surface area contributed by atoms with E-state index in [4.69, 9.17) is 0 Å². The van der Waals surface area contributed by atoms with Crippen LogP contribution in [0.2, 0.25) is 0 Å². The molecule has 0 bridgehead atoms. The van der Waals surface area contributed by atoms with Crippen LogP contribution >= 0.6 is 15.9 Å². The Balaban J connectivity index is 2.95. The van der Waals surface area contributed by atoms with Gasteiger partial charge in [0.1, 0.15) is 5.75 Å². The van der Waals surface area contributed by atoms with E-state index in [1.165, 1.54) is 6.08 Å². The van der Waals surface area contributed by atoms with E-state index in [-0.39, 0.29) is 10.2 Å². The molecular weight excluding hydrogens is 310 g/mol. The molecule has 0 heterocycles. The van der Waals surface area contributed by atoms with Crippen molar-refractivity contribution in [1.82, 2.24) is 0 Å². The van der Waals surface area contributed by atoms with Gasteiger partial charge in [0.2, 0.25) is 6.08 Å². The van der Waals surface area contributed by atoms with Crippen LogP contribution in [0.15, 0.2) is 27.7 Å². The van der Waals surface area contributed by atoms with Gasteiger partial charge in [-0.2, -0.15) is 22.6 Å². The second-order valence-electron chi connectivity index (χ2n) is 2.78. The van der Waals surface area contributed by atoms with Gasteiger partial charge < -0.3 is 4.74 Å². The molecule has 0 radical (unpaired) electrons. The SMILES string of the molecule is O=C=Nc1ccc(OC(F)(F)C(F)F)cc1Br. The Morgan fingerprint density at radius 3 is 2.53 bits per heavy atom. The van der Waals surface area contributed by atoms with Crippen molar-refractivity contribution in [2.24, 2.45) is 4.99 Å². The fourth-order valence-corrected chi connectivity index (χ4v) is 1.34. The zero-order valence-electron chi connectivity index (χ0n) is 7.96. The number of carbonyl (C=O) groups excluding carboxylic acids is 1. The fourth-order valence-electron chi connectivity index (χ4n) is 0.893. The summed E-state index contributed by atoms with van der Waals surface area (Å²) in [4.78, 5) is 13.2. The number of benzene rings is 1. The van der Waals surface area contributed by atoms with Crippen LogP contribution in [-0.2, 0) is 4.79 Å². The van der Waals surface area contributed by atoms with Crippen LogP contribution in [0, 0.1) is 0 Å². The Morgan fingerprint density at radius 1 is 1.41 bits per heavy atom. The lowest BCUT2D eigenvalue weighted by Gasteiger charge is -2.16. The fraction of sp³-hybridized carbons (Fsp3) is 0.222. The summed E-state index contributed by atoms with van der Waals surface area (Å²) in [5.74, 6) is -0.480. The molecule has 0 unspecified atom stereocenters. The number of alkyl halides is 4. The summed E-state index contributed by atoms with van der Waals surface area (Å²) in [5, 5.41) is 0. The van der Waals surface area contributed by atoms with E-state index in [2.05, 4.69) is 25.7 Å². The molecule has 3 nitrogen and oxygen atoms in total. The van der Waals surface area contributed by atoms with Gasteiger partial charge in [0.15, 0.2) is 0 Å². The number of hydrogen-bond donors (Lipinski definition) is 0. The molecule has 1 aromatic rings. The van der Waals surface area contributed by atoms with E-state index in [1.807, 2.05) is 0 Å². The average molecular weight is 314 g/mol. The van der Waals surface area contributed by atoms with Gasteiger partial charge in [0.05, 0.1) is 5.69 Å². The summed E-state index contributed by atoms with van der Waals surface area (Å²) >= 11 is 2.91. The van der Waals surface area contributed by atoms with Crippen molar-refractivity contribution in [1.29, 1.82) is 0 Å². The van der Waals surface area contributed by atoms with Gasteiger partial charge in [-0.25, -0.2) is 4.79 Å². The number of rotatable bonds is 4. The van der Waals surface area contributed by atoms with E-state index in [9.17, 15) is 22.4 Å². The van der Waals surface area contributed by atoms with E-state index < -0.39 is 18.3 Å². The second-order valence-corrected chi connectivity index (χ2v) is 3.64. The van der Waals surface area contributed by atoms with Crippen molar-refractivity contribution in [3.05, 3.63) is 22.7 Å². The Morgan fingerprint density at radius 2 is 2.06 bits per heavy atom. The molecule has 0 aromatic heterocycles. The number of hydrogen-bond acceptors (Lipinski definition) is 3. The minimum atomic E-state index is -4.57. The highest BCUT2D eigenvalue weighted by molar-refractivity contribution is 9.10. The number of halogens is 5. The van der Waals surface area contributed by atoms with Crippen molar-refractivity contribution < 1.29 is 27.1 Å². The lowest BCUT2D eigenvalue weighted by molar-refractivity contribution is -0.253. The van der Waals surface area contributed by atoms with Gasteiger partial charge in [-0.05, 0) is 34.1 Å². The van der Waals surface area contributed by atoms with Gasteiger partial charge >= 0.3 is 12.5 Å². The predicted octanol–water partition coefficient (Wildman–Crippen LogP) is 3.65. The zero-order chi connectivity index (χ0) is 13.1. The minimum Gasteiger partial charge on any atom is -0.428 e. The average Bonchev–Trinajstić information content (AvgIpc) is 2.21. The molecule has 0 fully saturated rings. The van der Waals surface area contributed by atoms with E-state index in [0.717, 1.165) is 18.2 Å². The number of ether oxygens (including phenoxy) is 1. The van der Waals surface area contributed by atoms with Gasteiger partial charge in [-0.15, -0.1) is 0 Å². The van der Waals surface area contributed by atoms with Crippen molar-refractivity contribution in [3.8, 4) is 5.75 Å². The maximum Gasteiger partial charge on any atom is 0.461 e. The lowest BCUT2D eigenvalue weighted by Crippen LogP contribution is -2.33. The molecule has 17 heavy (non-hydrogen) atoms. The van der Waals surface area contributed by atoms with Crippen LogP contribution in [0.25, 0.3) is 0 Å². The smallest absolute Gasteiger partial charge is 0.428 e. The molecule has 0 aliphatic carbocycles. The maximum atomic E-state index is 12.5. The number of aliphatic imine (C=N–C) groups is 1. The quantitative estimate of drug-likeness (QED) is 0.483. The third kappa shape index (κ3) is 3.54. The second kappa shape index (κ2) is 5.29. The first-order chi connectivity index (χ1) is 7.86. The molecule has 0 saturated heterocycles. The van der Waals surface area contributed by atoms with E-state index in [0.29, 0.717) is 0 Å². The van der Waals surface area contributed by atoms with Crippen molar-refractivity contribution in [2.75, 3.05) is 0 Å². The molecular formula is C9H4BrF4NO2. The van der Waals surface area contributed by atoms with Gasteiger partial charge in [0.25, 0.3) is 0 Å². The number of isocyanates is 1. The summed E-state index contributed by atoms with van der Waals surface area (Å²) in [7, 11) is 0. The van der Waals surface area contributed by atoms with Crippen LogP contribution in [0.5, 0.6) is 5.75 Å². The molecule has 8 heteroatoms. The standard InChI is InChI=1S/C9H4BrF4NO2/c10-6-3-5(1-2-7(6)15-4-16)17-9(13,14)8(11)12/h1-3,8H. The van der Waals surface area contributed by atoms with Crippen molar-refractivity contribution in [3.63, 3.8) is 0 Å². The van der Waals surface area contributed by atoms with Crippen LogP contribution in [0.4, 0.5) is 23.2 Å². The highest BCUT2D eigenvalue weighted by Gasteiger charge is 2.44. The van der Waals surface area contributed by atoms with Gasteiger partial charge in [-0.3, -0.25) is 0 Å². The molecule has 0 atom stereocenters. The van der Waals surface area contributed by atoms with Crippen LogP contribution in [-0.4, -0.2) is 18.6 Å². The summed E-state index contributed by atoms with van der Waals surface area (Å²) in [6.07, 6.45) is -7.26. The molecule has 0 spiro atoms. The molecule has 0 amide bonds. The molecule has 1 aromatic carbocycles. The Bertz CT molecular complexity index is 460. The first-order valence-corrected chi connectivity index (χ1v) is 4.88. The minimum absolute atomic E-state index is 0.118. The van der Waals surface area contributed by atoms with Crippen molar-refractivity contribution >= 4 is 27.7 Å². The largest absolute Gasteiger partial charge is 0.461 e. The first-order valence-electron chi connectivity index (χ1n) is 4.09. The monoisotopic (exact) mass is 313 g/mol. The molecule has 0 aliphatic heterocycles. The highest BCUT2D eigenvalue weighted by atomic mass is 79.9. The number of nitrogens with zero attached hydrogens (tertiary/aromatic N) is 1. The normalized spacial score (nSPS) is 11.2. The molecule has 0 N–H and O–H groups in total. The third-order valence-corrected chi connectivity index (χ3v) is 2.23. The maximum absolute atomic E-state index is 12.5. The summed E-state index contributed by atoms with van der Waals surface area (Å²) in [6.45, 7) is 0. The first kappa shape index (κ1) is 13.7. The molecule has 92 valence electrons. The van der Waals surface area contributed by atoms with Crippen molar-refractivity contribution in [2.45, 2.75) is 12.5 Å². The lowest BCUT2D eigenvalue weighted by atomic mass is 10.3.